The number of hydrogen-bond acceptors (Lipinski definition) is 3. The number of carbonyl (C=O) groups excluding carboxylic acids is 1. The fraction of sp³-hybridized carbons (Fsp3) is 0.385. The topological polar surface area (TPSA) is 62.1 Å². The van der Waals surface area contributed by atoms with Crippen LogP contribution in [0.3, 0.4) is 0 Å². The van der Waals surface area contributed by atoms with E-state index in [0.29, 0.717) is 17.9 Å². The van der Waals surface area contributed by atoms with E-state index < -0.39 is 5.54 Å². The molecular weight excluding hydrogens is 372 g/mol. The highest BCUT2D eigenvalue weighted by atomic mass is 16.5. The summed E-state index contributed by atoms with van der Waals surface area (Å²) in [7, 11) is 0. The highest BCUT2D eigenvalue weighted by Crippen LogP contribution is 2.27. The molecule has 0 bridgehead atoms. The second kappa shape index (κ2) is 9.63. The first-order valence-corrected chi connectivity index (χ1v) is 10.2. The lowest BCUT2D eigenvalue weighted by Crippen LogP contribution is -2.46. The summed E-state index contributed by atoms with van der Waals surface area (Å²) in [5, 5.41) is 12.6. The maximum atomic E-state index is 12.8. The molecule has 0 aliphatic heterocycles. The van der Waals surface area contributed by atoms with Crippen molar-refractivity contribution in [3.8, 4) is 11.8 Å². The van der Waals surface area contributed by atoms with Crippen molar-refractivity contribution in [2.75, 3.05) is 0 Å². The summed E-state index contributed by atoms with van der Waals surface area (Å²) in [6.07, 6.45) is 2.38. The van der Waals surface area contributed by atoms with Crippen LogP contribution in [0.5, 0.6) is 5.75 Å². The molecule has 0 atom stereocenters. The van der Waals surface area contributed by atoms with E-state index in [4.69, 9.17) is 4.74 Å². The number of rotatable bonds is 7. The summed E-state index contributed by atoms with van der Waals surface area (Å²) in [5.74, 6) is 0.258. The highest BCUT2D eigenvalue weighted by molar-refractivity contribution is 6.02. The zero-order valence-electron chi connectivity index (χ0n) is 18.9. The van der Waals surface area contributed by atoms with Crippen LogP contribution >= 0.6 is 0 Å². The van der Waals surface area contributed by atoms with Gasteiger partial charge in [0.1, 0.15) is 24.0 Å². The van der Waals surface area contributed by atoms with Crippen LogP contribution in [0.25, 0.3) is 6.08 Å². The quantitative estimate of drug-likeness (QED) is 0.468. The molecule has 0 saturated carbocycles. The maximum Gasteiger partial charge on any atom is 0.262 e. The maximum absolute atomic E-state index is 12.8. The zero-order chi connectivity index (χ0) is 22.4. The lowest BCUT2D eigenvalue weighted by Gasteiger charge is -2.33. The number of nitriles is 1. The van der Waals surface area contributed by atoms with E-state index in [2.05, 4.69) is 32.2 Å². The molecule has 4 nitrogen and oxygen atoms in total. The lowest BCUT2D eigenvalue weighted by molar-refractivity contribution is -0.118. The third-order valence-electron chi connectivity index (χ3n) is 4.48. The van der Waals surface area contributed by atoms with Crippen LogP contribution in [0.4, 0.5) is 0 Å². The van der Waals surface area contributed by atoms with Crippen molar-refractivity contribution in [2.45, 2.75) is 60.1 Å². The number of ether oxygens (including phenoxy) is 1. The van der Waals surface area contributed by atoms with E-state index in [-0.39, 0.29) is 16.9 Å². The molecule has 30 heavy (non-hydrogen) atoms. The number of carbonyl (C=O) groups is 1. The highest BCUT2D eigenvalue weighted by Gasteiger charge is 2.28. The number of aryl methyl sites for hydroxylation is 1. The van der Waals surface area contributed by atoms with Crippen LogP contribution in [0, 0.1) is 23.7 Å². The first-order chi connectivity index (χ1) is 14.0. The summed E-state index contributed by atoms with van der Waals surface area (Å²) < 4.78 is 5.98. The minimum Gasteiger partial charge on any atom is -0.488 e. The molecule has 0 saturated heterocycles. The molecule has 0 heterocycles. The van der Waals surface area contributed by atoms with Crippen molar-refractivity contribution < 1.29 is 9.53 Å². The Morgan fingerprint density at radius 2 is 1.80 bits per heavy atom. The van der Waals surface area contributed by atoms with Crippen LogP contribution < -0.4 is 10.1 Å². The molecule has 0 unspecified atom stereocenters. The van der Waals surface area contributed by atoms with Gasteiger partial charge in [0.05, 0.1) is 0 Å². The van der Waals surface area contributed by atoms with Gasteiger partial charge in [-0.1, -0.05) is 68.8 Å². The Hall–Kier alpha value is -3.06. The Kier molecular flexibility index (Phi) is 7.45. The van der Waals surface area contributed by atoms with Crippen molar-refractivity contribution >= 4 is 12.0 Å². The standard InChI is InChI=1S/C26H32N2O2/c1-19-10-9-11-20(14-19)17-30-23-13-8-7-12-21(23)15-22(16-27)24(29)28-26(5,6)18-25(2,3)4/h7-15H,17-18H2,1-6H3,(H,28,29). The van der Waals surface area contributed by atoms with E-state index in [0.717, 1.165) is 12.0 Å². The normalized spacial score (nSPS) is 12.2. The first kappa shape index (κ1) is 23.2. The predicted octanol–water partition coefficient (Wildman–Crippen LogP) is 5.81. The van der Waals surface area contributed by atoms with E-state index in [1.165, 1.54) is 5.56 Å². The Balaban J connectivity index is 2.19. The van der Waals surface area contributed by atoms with Gasteiger partial charge in [0.15, 0.2) is 0 Å². The van der Waals surface area contributed by atoms with Crippen molar-refractivity contribution in [1.29, 1.82) is 5.26 Å². The van der Waals surface area contributed by atoms with Crippen molar-refractivity contribution in [3.05, 3.63) is 70.8 Å². The minimum atomic E-state index is -0.424. The average Bonchev–Trinajstić information content (AvgIpc) is 2.62. The molecule has 0 fully saturated rings. The van der Waals surface area contributed by atoms with E-state index in [9.17, 15) is 10.1 Å². The van der Waals surface area contributed by atoms with E-state index in [1.54, 1.807) is 6.08 Å². The SMILES string of the molecule is Cc1cccc(COc2ccccc2C=C(C#N)C(=O)NC(C)(C)CC(C)(C)C)c1. The van der Waals surface area contributed by atoms with Gasteiger partial charge in [-0.15, -0.1) is 0 Å². The molecule has 2 aromatic carbocycles. The summed E-state index contributed by atoms with van der Waals surface area (Å²) in [4.78, 5) is 12.8. The second-order valence-electron chi connectivity index (χ2n) is 9.56. The average molecular weight is 405 g/mol. The molecular formula is C26H32N2O2. The Morgan fingerprint density at radius 3 is 2.43 bits per heavy atom. The number of benzene rings is 2. The van der Waals surface area contributed by atoms with E-state index in [1.807, 2.05) is 69.3 Å². The molecule has 1 N–H and O–H groups in total. The molecule has 2 rings (SSSR count). The molecule has 1 amide bonds. The third-order valence-corrected chi connectivity index (χ3v) is 4.48. The van der Waals surface area contributed by atoms with Gasteiger partial charge in [-0.05, 0) is 50.3 Å². The van der Waals surface area contributed by atoms with Crippen LogP contribution in [0.1, 0.15) is 57.7 Å². The predicted molar refractivity (Wildman–Crippen MR) is 122 cm³/mol. The second-order valence-corrected chi connectivity index (χ2v) is 9.56. The summed E-state index contributed by atoms with van der Waals surface area (Å²) in [6, 6.07) is 17.6. The van der Waals surface area contributed by atoms with Gasteiger partial charge in [0.2, 0.25) is 0 Å². The van der Waals surface area contributed by atoms with Gasteiger partial charge in [0.25, 0.3) is 5.91 Å². The van der Waals surface area contributed by atoms with Crippen molar-refractivity contribution in [1.82, 2.24) is 5.32 Å². The zero-order valence-corrected chi connectivity index (χ0v) is 18.9. The van der Waals surface area contributed by atoms with E-state index >= 15 is 0 Å². The lowest BCUT2D eigenvalue weighted by atomic mass is 9.81. The summed E-state index contributed by atoms with van der Waals surface area (Å²) in [6.45, 7) is 12.8. The Bertz CT molecular complexity index is 959. The Labute approximate surface area is 180 Å². The van der Waals surface area contributed by atoms with Crippen LogP contribution in [0.2, 0.25) is 0 Å². The first-order valence-electron chi connectivity index (χ1n) is 10.2. The van der Waals surface area contributed by atoms with Gasteiger partial charge in [-0.25, -0.2) is 0 Å². The van der Waals surface area contributed by atoms with Crippen molar-refractivity contribution in [2.24, 2.45) is 5.41 Å². The van der Waals surface area contributed by atoms with Gasteiger partial charge in [-0.2, -0.15) is 5.26 Å². The van der Waals surface area contributed by atoms with Gasteiger partial charge >= 0.3 is 0 Å². The van der Waals surface area contributed by atoms with Gasteiger partial charge in [0, 0.05) is 11.1 Å². The summed E-state index contributed by atoms with van der Waals surface area (Å²) in [5.41, 5.74) is 2.63. The third kappa shape index (κ3) is 7.40. The smallest absolute Gasteiger partial charge is 0.262 e. The largest absolute Gasteiger partial charge is 0.488 e. The number of amides is 1. The fourth-order valence-corrected chi connectivity index (χ4v) is 3.74. The van der Waals surface area contributed by atoms with Crippen molar-refractivity contribution in [3.63, 3.8) is 0 Å². The monoisotopic (exact) mass is 404 g/mol. The molecule has 0 aliphatic carbocycles. The van der Waals surface area contributed by atoms with Crippen LogP contribution in [-0.4, -0.2) is 11.4 Å². The van der Waals surface area contributed by atoms with Crippen LogP contribution in [-0.2, 0) is 11.4 Å². The molecule has 0 aliphatic rings. The number of nitrogens with one attached hydrogen (secondary N) is 1. The van der Waals surface area contributed by atoms with Gasteiger partial charge < -0.3 is 10.1 Å². The van der Waals surface area contributed by atoms with Gasteiger partial charge in [-0.3, -0.25) is 4.79 Å². The molecule has 0 aromatic heterocycles. The number of nitrogens with zero attached hydrogens (tertiary/aromatic N) is 1. The Morgan fingerprint density at radius 1 is 1.10 bits per heavy atom. The fourth-order valence-electron chi connectivity index (χ4n) is 3.74. The molecule has 158 valence electrons. The van der Waals surface area contributed by atoms with Crippen LogP contribution in [0.15, 0.2) is 54.1 Å². The summed E-state index contributed by atoms with van der Waals surface area (Å²) >= 11 is 0. The molecule has 0 radical (unpaired) electrons. The molecule has 0 spiro atoms. The number of para-hydroxylation sites is 1. The number of hydrogen-bond donors (Lipinski definition) is 1. The minimum absolute atomic E-state index is 0.0589. The molecule has 2 aromatic rings. The molecule has 4 heteroatoms.